The Hall–Kier alpha value is -3.47. The highest BCUT2D eigenvalue weighted by atomic mass is 35.5. The molecule has 0 aliphatic rings. The van der Waals surface area contributed by atoms with Crippen molar-refractivity contribution in [1.29, 1.82) is 0 Å². The maximum absolute atomic E-state index is 14.1. The number of likely N-dealkylation sites (N-methyl/N-ethyl adjacent to an activating group) is 1. The summed E-state index contributed by atoms with van der Waals surface area (Å²) in [7, 11) is 0.0350. The van der Waals surface area contributed by atoms with Crippen LogP contribution in [0.15, 0.2) is 65.6 Å². The topological polar surface area (TPSA) is 105 Å². The fraction of sp³-hybridized carbons (Fsp3) is 0.310. The average Bonchev–Trinajstić information content (AvgIpc) is 2.97. The molecule has 220 valence electrons. The van der Waals surface area contributed by atoms with Crippen LogP contribution in [0.4, 0.5) is 5.69 Å². The third kappa shape index (κ3) is 7.44. The van der Waals surface area contributed by atoms with Crippen molar-refractivity contribution in [2.75, 3.05) is 32.1 Å². The summed E-state index contributed by atoms with van der Waals surface area (Å²) in [4.78, 5) is 28.3. The highest BCUT2D eigenvalue weighted by Crippen LogP contribution is 2.36. The molecule has 12 heteroatoms. The third-order valence-electron chi connectivity index (χ3n) is 6.51. The Morgan fingerprint density at radius 1 is 0.951 bits per heavy atom. The first-order valence-electron chi connectivity index (χ1n) is 12.7. The lowest BCUT2D eigenvalue weighted by molar-refractivity contribution is -0.140. The number of nitrogens with zero attached hydrogens (tertiary/aromatic N) is 2. The van der Waals surface area contributed by atoms with Gasteiger partial charge in [-0.3, -0.25) is 13.9 Å². The average molecular weight is 623 g/mol. The molecule has 0 aliphatic carbocycles. The number of carbonyl (C=O) groups excluding carboxylic acids is 2. The molecule has 0 aliphatic heterocycles. The van der Waals surface area contributed by atoms with Crippen LogP contribution in [0.1, 0.15) is 24.5 Å². The molecular formula is C29H33Cl2N3O6S. The van der Waals surface area contributed by atoms with Gasteiger partial charge in [0.25, 0.3) is 10.0 Å². The molecule has 0 radical (unpaired) electrons. The number of hydrogen-bond donors (Lipinski definition) is 1. The molecule has 1 unspecified atom stereocenters. The zero-order valence-electron chi connectivity index (χ0n) is 23.5. The van der Waals surface area contributed by atoms with E-state index in [1.807, 2.05) is 6.92 Å². The second-order valence-electron chi connectivity index (χ2n) is 9.17. The van der Waals surface area contributed by atoms with Gasteiger partial charge in [0.1, 0.15) is 24.1 Å². The van der Waals surface area contributed by atoms with E-state index in [4.69, 9.17) is 32.7 Å². The van der Waals surface area contributed by atoms with Crippen molar-refractivity contribution in [2.45, 2.75) is 37.8 Å². The van der Waals surface area contributed by atoms with Crippen LogP contribution >= 0.6 is 23.2 Å². The monoisotopic (exact) mass is 621 g/mol. The number of nitrogens with one attached hydrogen (secondary N) is 1. The summed E-state index contributed by atoms with van der Waals surface area (Å²) in [5, 5.41) is 3.22. The van der Waals surface area contributed by atoms with E-state index >= 15 is 0 Å². The Morgan fingerprint density at radius 2 is 1.63 bits per heavy atom. The number of anilines is 1. The maximum Gasteiger partial charge on any atom is 0.264 e. The Bertz CT molecular complexity index is 1500. The molecule has 41 heavy (non-hydrogen) atoms. The van der Waals surface area contributed by atoms with Gasteiger partial charge in [-0.1, -0.05) is 53.9 Å². The Kier molecular flexibility index (Phi) is 10.9. The number of halogens is 2. The van der Waals surface area contributed by atoms with Crippen LogP contribution < -0.4 is 19.1 Å². The number of benzene rings is 3. The van der Waals surface area contributed by atoms with E-state index < -0.39 is 34.4 Å². The van der Waals surface area contributed by atoms with Gasteiger partial charge in [-0.2, -0.15) is 0 Å². The van der Waals surface area contributed by atoms with Gasteiger partial charge in [-0.25, -0.2) is 8.42 Å². The van der Waals surface area contributed by atoms with Gasteiger partial charge in [0.2, 0.25) is 11.8 Å². The molecule has 1 atom stereocenters. The standard InChI is InChI=1S/C29H33Cl2N3O6S/c1-6-25(29(36)32-3)33(17-20-9-13-23(30)24(31)15-20)28(35)18-34(26-16-21(39-4)10-14-27(26)40-5)41(37,38)22-11-7-19(2)8-12-22/h7-16,25H,6,17-18H2,1-5H3,(H,32,36). The zero-order chi connectivity index (χ0) is 30.3. The molecule has 2 amide bonds. The molecule has 0 heterocycles. The normalized spacial score (nSPS) is 11.9. The van der Waals surface area contributed by atoms with E-state index in [1.54, 1.807) is 49.4 Å². The van der Waals surface area contributed by atoms with Crippen molar-refractivity contribution in [3.05, 3.63) is 81.8 Å². The molecule has 1 N–H and O–H groups in total. The second kappa shape index (κ2) is 13.9. The van der Waals surface area contributed by atoms with Gasteiger partial charge >= 0.3 is 0 Å². The fourth-order valence-electron chi connectivity index (χ4n) is 4.26. The molecule has 0 spiro atoms. The summed E-state index contributed by atoms with van der Waals surface area (Å²) in [6, 6.07) is 15.0. The van der Waals surface area contributed by atoms with Gasteiger partial charge in [0.15, 0.2) is 0 Å². The minimum Gasteiger partial charge on any atom is -0.497 e. The number of sulfonamides is 1. The first kappa shape index (κ1) is 32.0. The van der Waals surface area contributed by atoms with Crippen LogP contribution in [-0.4, -0.2) is 59.0 Å². The predicted molar refractivity (Wildman–Crippen MR) is 160 cm³/mol. The first-order chi connectivity index (χ1) is 19.5. The van der Waals surface area contributed by atoms with Gasteiger partial charge < -0.3 is 19.7 Å². The highest BCUT2D eigenvalue weighted by Gasteiger charge is 2.34. The van der Waals surface area contributed by atoms with E-state index in [0.717, 1.165) is 9.87 Å². The number of methoxy groups -OCH3 is 2. The smallest absolute Gasteiger partial charge is 0.264 e. The van der Waals surface area contributed by atoms with Crippen molar-refractivity contribution in [1.82, 2.24) is 10.2 Å². The third-order valence-corrected chi connectivity index (χ3v) is 9.02. The van der Waals surface area contributed by atoms with Crippen molar-refractivity contribution in [3.8, 4) is 11.5 Å². The lowest BCUT2D eigenvalue weighted by Crippen LogP contribution is -2.51. The predicted octanol–water partition coefficient (Wildman–Crippen LogP) is 5.07. The lowest BCUT2D eigenvalue weighted by atomic mass is 10.1. The number of rotatable bonds is 12. The Balaban J connectivity index is 2.16. The molecule has 0 aromatic heterocycles. The summed E-state index contributed by atoms with van der Waals surface area (Å²) in [5.41, 5.74) is 1.58. The first-order valence-corrected chi connectivity index (χ1v) is 14.9. The SMILES string of the molecule is CCC(C(=O)NC)N(Cc1ccc(Cl)c(Cl)c1)C(=O)CN(c1cc(OC)ccc1OC)S(=O)(=O)c1ccc(C)cc1. The van der Waals surface area contributed by atoms with E-state index in [0.29, 0.717) is 16.3 Å². The molecule has 3 aromatic carbocycles. The number of amides is 2. The minimum absolute atomic E-state index is 0.0184. The van der Waals surface area contributed by atoms with Gasteiger partial charge in [0, 0.05) is 19.7 Å². The van der Waals surface area contributed by atoms with Crippen molar-refractivity contribution < 1.29 is 27.5 Å². The van der Waals surface area contributed by atoms with Crippen molar-refractivity contribution in [2.24, 2.45) is 0 Å². The van der Waals surface area contributed by atoms with Gasteiger partial charge in [-0.15, -0.1) is 0 Å². The van der Waals surface area contributed by atoms with Crippen LogP contribution in [0.25, 0.3) is 0 Å². The Morgan fingerprint density at radius 3 is 2.20 bits per heavy atom. The largest absolute Gasteiger partial charge is 0.497 e. The minimum atomic E-state index is -4.29. The highest BCUT2D eigenvalue weighted by molar-refractivity contribution is 7.92. The Labute approximate surface area is 251 Å². The number of ether oxygens (including phenoxy) is 2. The van der Waals surface area contributed by atoms with Crippen LogP contribution in [0.2, 0.25) is 10.0 Å². The summed E-state index contributed by atoms with van der Waals surface area (Å²) in [6.45, 7) is 2.96. The number of hydrogen-bond acceptors (Lipinski definition) is 6. The molecule has 0 fully saturated rings. The van der Waals surface area contributed by atoms with E-state index in [1.165, 1.54) is 44.4 Å². The van der Waals surface area contributed by atoms with Gasteiger partial charge in [0.05, 0.1) is 34.8 Å². The van der Waals surface area contributed by atoms with Crippen molar-refractivity contribution in [3.63, 3.8) is 0 Å². The van der Waals surface area contributed by atoms with Crippen LogP contribution in [0, 0.1) is 6.92 Å². The maximum atomic E-state index is 14.1. The molecule has 0 saturated heterocycles. The quantitative estimate of drug-likeness (QED) is 0.303. The molecule has 0 saturated carbocycles. The van der Waals surface area contributed by atoms with E-state index in [2.05, 4.69) is 5.32 Å². The molecule has 9 nitrogen and oxygen atoms in total. The summed E-state index contributed by atoms with van der Waals surface area (Å²) in [6.07, 6.45) is 0.278. The summed E-state index contributed by atoms with van der Waals surface area (Å²) in [5.74, 6) is -0.439. The van der Waals surface area contributed by atoms with Crippen LogP contribution in [0.5, 0.6) is 11.5 Å². The molecular weight excluding hydrogens is 589 g/mol. The summed E-state index contributed by atoms with van der Waals surface area (Å²) >= 11 is 12.3. The van der Waals surface area contributed by atoms with Gasteiger partial charge in [-0.05, 0) is 55.3 Å². The molecule has 3 rings (SSSR count). The second-order valence-corrected chi connectivity index (χ2v) is 11.8. The zero-order valence-corrected chi connectivity index (χ0v) is 25.8. The lowest BCUT2D eigenvalue weighted by Gasteiger charge is -2.33. The van der Waals surface area contributed by atoms with E-state index in [9.17, 15) is 18.0 Å². The van der Waals surface area contributed by atoms with Crippen LogP contribution in [0.3, 0.4) is 0 Å². The van der Waals surface area contributed by atoms with Crippen LogP contribution in [-0.2, 0) is 26.2 Å². The summed E-state index contributed by atoms with van der Waals surface area (Å²) < 4.78 is 40.0. The fourth-order valence-corrected chi connectivity index (χ4v) is 6.00. The molecule has 0 bridgehead atoms. The van der Waals surface area contributed by atoms with Crippen molar-refractivity contribution >= 4 is 50.7 Å². The number of carbonyl (C=O) groups is 2. The number of aryl methyl sites for hydroxylation is 1. The van der Waals surface area contributed by atoms with E-state index in [-0.39, 0.29) is 34.3 Å². The molecule has 3 aromatic rings.